The third-order valence-corrected chi connectivity index (χ3v) is 3.13. The molecule has 1 atom stereocenters. The number of benzene rings is 1. The molecule has 86 valence electrons. The summed E-state index contributed by atoms with van der Waals surface area (Å²) in [5.74, 6) is 0.636. The highest BCUT2D eigenvalue weighted by Gasteiger charge is 2.29. The van der Waals surface area contributed by atoms with Gasteiger partial charge in [0, 0.05) is 12.0 Å². The number of Topliss-reactive ketones (excluding diaryl/α,β-unsaturated/α-hetero) is 1. The lowest BCUT2D eigenvalue weighted by molar-refractivity contribution is 0.0390. The maximum Gasteiger partial charge on any atom is 0.194 e. The van der Waals surface area contributed by atoms with Crippen LogP contribution in [0.5, 0.6) is 5.75 Å². The zero-order chi connectivity index (χ0) is 11.8. The van der Waals surface area contributed by atoms with E-state index in [1.807, 2.05) is 6.07 Å². The van der Waals surface area contributed by atoms with Crippen molar-refractivity contribution in [2.24, 2.45) is 0 Å². The van der Waals surface area contributed by atoms with Crippen LogP contribution in [0.4, 0.5) is 0 Å². The average Bonchev–Trinajstić information content (AvgIpc) is 2.74. The van der Waals surface area contributed by atoms with Gasteiger partial charge in [-0.3, -0.25) is 4.79 Å². The lowest BCUT2D eigenvalue weighted by atomic mass is 9.91. The number of carbonyl (C=O) groups excluding carboxylic acids is 1. The van der Waals surface area contributed by atoms with Gasteiger partial charge in [-0.05, 0) is 37.1 Å². The van der Waals surface area contributed by atoms with Crippen molar-refractivity contribution in [2.45, 2.75) is 32.3 Å². The number of hydrogen-bond donors (Lipinski definition) is 1. The highest BCUT2D eigenvalue weighted by molar-refractivity contribution is 6.02. The number of carbonyl (C=O) groups is 1. The van der Waals surface area contributed by atoms with Gasteiger partial charge in [0.1, 0.15) is 11.4 Å². The lowest BCUT2D eigenvalue weighted by Crippen LogP contribution is -2.34. The molecule has 0 bridgehead atoms. The summed E-state index contributed by atoms with van der Waals surface area (Å²) in [6, 6.07) is 5.35. The number of ketones is 1. The van der Waals surface area contributed by atoms with Gasteiger partial charge >= 0.3 is 0 Å². The molecule has 16 heavy (non-hydrogen) atoms. The summed E-state index contributed by atoms with van der Waals surface area (Å²) >= 11 is 0. The Morgan fingerprint density at radius 1 is 1.56 bits per heavy atom. The zero-order valence-corrected chi connectivity index (χ0v) is 9.62. The van der Waals surface area contributed by atoms with Crippen LogP contribution in [0.1, 0.15) is 36.2 Å². The first-order chi connectivity index (χ1) is 7.54. The van der Waals surface area contributed by atoms with Crippen LogP contribution in [0.25, 0.3) is 0 Å². The second kappa shape index (κ2) is 3.91. The molecule has 1 aliphatic heterocycles. The van der Waals surface area contributed by atoms with Crippen LogP contribution in [-0.2, 0) is 6.42 Å². The van der Waals surface area contributed by atoms with Gasteiger partial charge in [0.05, 0.1) is 6.61 Å². The van der Waals surface area contributed by atoms with Crippen LogP contribution in [-0.4, -0.2) is 23.1 Å². The smallest absolute Gasteiger partial charge is 0.194 e. The normalized spacial score (nSPS) is 17.4. The first kappa shape index (κ1) is 11.1. The molecule has 0 amide bonds. The quantitative estimate of drug-likeness (QED) is 0.792. The number of fused-ring (bicyclic) bond motifs is 1. The number of hydrogen-bond acceptors (Lipinski definition) is 3. The SMILES string of the molecule is CCC(C)(O)C(=O)c1ccc2c(c1)CCO2. The summed E-state index contributed by atoms with van der Waals surface area (Å²) in [6.45, 7) is 4.03. The van der Waals surface area contributed by atoms with Crippen molar-refractivity contribution in [1.29, 1.82) is 0 Å². The summed E-state index contributed by atoms with van der Waals surface area (Å²) in [4.78, 5) is 12.0. The Hall–Kier alpha value is -1.35. The summed E-state index contributed by atoms with van der Waals surface area (Å²) in [6.07, 6.45) is 1.25. The van der Waals surface area contributed by atoms with Crippen LogP contribution in [0.2, 0.25) is 0 Å². The zero-order valence-electron chi connectivity index (χ0n) is 9.62. The maximum atomic E-state index is 12.0. The Balaban J connectivity index is 2.32. The second-order valence-electron chi connectivity index (χ2n) is 4.38. The van der Waals surface area contributed by atoms with Gasteiger partial charge in [-0.1, -0.05) is 6.92 Å². The topological polar surface area (TPSA) is 46.5 Å². The van der Waals surface area contributed by atoms with E-state index < -0.39 is 5.60 Å². The third kappa shape index (κ3) is 1.83. The van der Waals surface area contributed by atoms with Crippen LogP contribution in [0.15, 0.2) is 18.2 Å². The van der Waals surface area contributed by atoms with Gasteiger partial charge in [0.15, 0.2) is 5.78 Å². The van der Waals surface area contributed by atoms with Gasteiger partial charge in [0.2, 0.25) is 0 Å². The molecule has 0 spiro atoms. The lowest BCUT2D eigenvalue weighted by Gasteiger charge is -2.19. The molecule has 1 aromatic carbocycles. The van der Waals surface area contributed by atoms with Gasteiger partial charge in [0.25, 0.3) is 0 Å². The molecule has 1 N–H and O–H groups in total. The van der Waals surface area contributed by atoms with E-state index in [-0.39, 0.29) is 5.78 Å². The minimum absolute atomic E-state index is 0.218. The third-order valence-electron chi connectivity index (χ3n) is 3.13. The van der Waals surface area contributed by atoms with Crippen molar-refractivity contribution in [3.05, 3.63) is 29.3 Å². The summed E-state index contributed by atoms with van der Waals surface area (Å²) in [5, 5.41) is 9.91. The van der Waals surface area contributed by atoms with Crippen LogP contribution in [0.3, 0.4) is 0 Å². The molecule has 0 aliphatic carbocycles. The van der Waals surface area contributed by atoms with E-state index in [1.54, 1.807) is 26.0 Å². The second-order valence-corrected chi connectivity index (χ2v) is 4.38. The van der Waals surface area contributed by atoms with E-state index in [0.29, 0.717) is 18.6 Å². The molecule has 1 unspecified atom stereocenters. The first-order valence-corrected chi connectivity index (χ1v) is 5.57. The fraction of sp³-hybridized carbons (Fsp3) is 0.462. The summed E-state index contributed by atoms with van der Waals surface area (Å²) in [7, 11) is 0. The predicted molar refractivity (Wildman–Crippen MR) is 60.9 cm³/mol. The van der Waals surface area contributed by atoms with Crippen LogP contribution >= 0.6 is 0 Å². The van der Waals surface area contributed by atoms with Crippen molar-refractivity contribution < 1.29 is 14.6 Å². The number of rotatable bonds is 3. The number of aliphatic hydroxyl groups is 1. The standard InChI is InChI=1S/C13H16O3/c1-3-13(2,15)12(14)10-4-5-11-9(8-10)6-7-16-11/h4-5,8,15H,3,6-7H2,1-2H3. The molecular weight excluding hydrogens is 204 g/mol. The molecule has 1 aromatic rings. The van der Waals surface area contributed by atoms with E-state index in [0.717, 1.165) is 17.7 Å². The van der Waals surface area contributed by atoms with E-state index in [9.17, 15) is 9.90 Å². The summed E-state index contributed by atoms with van der Waals surface area (Å²) < 4.78 is 5.37. The van der Waals surface area contributed by atoms with Crippen molar-refractivity contribution in [3.63, 3.8) is 0 Å². The minimum atomic E-state index is -1.27. The Kier molecular flexibility index (Phi) is 2.72. The molecule has 0 aromatic heterocycles. The van der Waals surface area contributed by atoms with E-state index in [4.69, 9.17) is 4.74 Å². The van der Waals surface area contributed by atoms with Crippen molar-refractivity contribution in [3.8, 4) is 5.75 Å². The Labute approximate surface area is 95.0 Å². The van der Waals surface area contributed by atoms with Gasteiger partial charge in [-0.25, -0.2) is 0 Å². The van der Waals surface area contributed by atoms with Gasteiger partial charge in [-0.15, -0.1) is 0 Å². The molecule has 0 saturated heterocycles. The molecule has 3 heteroatoms. The average molecular weight is 220 g/mol. The van der Waals surface area contributed by atoms with E-state index in [2.05, 4.69) is 0 Å². The molecule has 0 radical (unpaired) electrons. The van der Waals surface area contributed by atoms with E-state index >= 15 is 0 Å². The van der Waals surface area contributed by atoms with E-state index in [1.165, 1.54) is 0 Å². The fourth-order valence-electron chi connectivity index (χ4n) is 1.80. The van der Waals surface area contributed by atoms with Crippen LogP contribution in [0, 0.1) is 0 Å². The minimum Gasteiger partial charge on any atom is -0.493 e. The predicted octanol–water partition coefficient (Wildman–Crippen LogP) is 1.97. The largest absolute Gasteiger partial charge is 0.493 e. The highest BCUT2D eigenvalue weighted by Crippen LogP contribution is 2.27. The molecule has 2 rings (SSSR count). The fourth-order valence-corrected chi connectivity index (χ4v) is 1.80. The first-order valence-electron chi connectivity index (χ1n) is 5.57. The monoisotopic (exact) mass is 220 g/mol. The Morgan fingerprint density at radius 3 is 3.00 bits per heavy atom. The van der Waals surface area contributed by atoms with Crippen molar-refractivity contribution in [1.82, 2.24) is 0 Å². The van der Waals surface area contributed by atoms with Gasteiger partial charge in [-0.2, -0.15) is 0 Å². The maximum absolute atomic E-state index is 12.0. The van der Waals surface area contributed by atoms with Gasteiger partial charge < -0.3 is 9.84 Å². The Morgan fingerprint density at radius 2 is 2.31 bits per heavy atom. The van der Waals surface area contributed by atoms with Crippen LogP contribution < -0.4 is 4.74 Å². The Bertz CT molecular complexity index is 421. The molecule has 0 fully saturated rings. The number of ether oxygens (including phenoxy) is 1. The van der Waals surface area contributed by atoms with Crippen molar-refractivity contribution >= 4 is 5.78 Å². The molecule has 1 aliphatic rings. The summed E-state index contributed by atoms with van der Waals surface area (Å²) in [5.41, 5.74) is 0.349. The molecule has 3 nitrogen and oxygen atoms in total. The molecular formula is C13H16O3. The highest BCUT2D eigenvalue weighted by atomic mass is 16.5. The molecule has 0 saturated carbocycles. The van der Waals surface area contributed by atoms with Crippen molar-refractivity contribution in [2.75, 3.05) is 6.61 Å². The molecule has 1 heterocycles.